The Kier molecular flexibility index (Phi) is 6.22. The maximum absolute atomic E-state index is 12.7. The van der Waals surface area contributed by atoms with Gasteiger partial charge in [0.05, 0.1) is 21.6 Å². The van der Waals surface area contributed by atoms with Crippen LogP contribution in [-0.2, 0) is 9.53 Å². The average Bonchev–Trinajstić information content (AvgIpc) is 3.63. The smallest absolute Gasteiger partial charge is 0.348 e. The summed E-state index contributed by atoms with van der Waals surface area (Å²) < 4.78 is 8.27. The lowest BCUT2D eigenvalue weighted by atomic mass is 10.2. The highest BCUT2D eigenvalue weighted by molar-refractivity contribution is 7.21. The second kappa shape index (κ2) is 9.85. The number of hydrogen-bond acceptors (Lipinski definition) is 7. The maximum atomic E-state index is 12.7. The van der Waals surface area contributed by atoms with Gasteiger partial charge in [0, 0.05) is 16.6 Å². The number of hydrogen-bond donors (Lipinski definition) is 1. The number of aryl methyl sites for hydroxylation is 2. The summed E-state index contributed by atoms with van der Waals surface area (Å²) >= 11 is 2.93. The normalized spacial score (nSPS) is 11.2. The number of aromatic nitrogens is 3. The topological polar surface area (TPSA) is 86.1 Å². The van der Waals surface area contributed by atoms with E-state index in [0.717, 1.165) is 42.4 Å². The molecule has 0 spiro atoms. The van der Waals surface area contributed by atoms with E-state index in [1.165, 1.54) is 16.9 Å². The Labute approximate surface area is 226 Å². The van der Waals surface area contributed by atoms with Gasteiger partial charge in [0.2, 0.25) is 0 Å². The number of amides is 1. The highest BCUT2D eigenvalue weighted by Crippen LogP contribution is 2.32. The molecule has 3 aromatic heterocycles. The third-order valence-corrected chi connectivity index (χ3v) is 8.20. The predicted molar refractivity (Wildman–Crippen MR) is 152 cm³/mol. The summed E-state index contributed by atoms with van der Waals surface area (Å²) in [5.41, 5.74) is 5.50. The maximum Gasteiger partial charge on any atom is 0.348 e. The second-order valence-electron chi connectivity index (χ2n) is 8.85. The number of para-hydroxylation sites is 1. The van der Waals surface area contributed by atoms with Crippen molar-refractivity contribution in [3.05, 3.63) is 95.0 Å². The van der Waals surface area contributed by atoms with Gasteiger partial charge >= 0.3 is 5.97 Å². The molecule has 9 heteroatoms. The number of carbonyl (C=O) groups excluding carboxylic acids is 2. The van der Waals surface area contributed by atoms with E-state index >= 15 is 0 Å². The first-order chi connectivity index (χ1) is 18.4. The third kappa shape index (κ3) is 4.69. The van der Waals surface area contributed by atoms with Crippen LogP contribution in [0.4, 0.5) is 5.69 Å². The number of nitrogens with one attached hydrogen (secondary N) is 1. The van der Waals surface area contributed by atoms with E-state index in [9.17, 15) is 9.59 Å². The Balaban J connectivity index is 1.09. The molecule has 6 aromatic rings. The average molecular weight is 539 g/mol. The van der Waals surface area contributed by atoms with E-state index < -0.39 is 11.9 Å². The minimum Gasteiger partial charge on any atom is -0.451 e. The Morgan fingerprint density at radius 1 is 0.947 bits per heavy atom. The van der Waals surface area contributed by atoms with Gasteiger partial charge in [-0.2, -0.15) is 5.10 Å². The molecule has 1 N–H and O–H groups in total. The number of nitrogens with zero attached hydrogens (tertiary/aromatic N) is 3. The molecule has 0 saturated heterocycles. The van der Waals surface area contributed by atoms with E-state index in [1.807, 2.05) is 72.3 Å². The van der Waals surface area contributed by atoms with Gasteiger partial charge < -0.3 is 10.1 Å². The lowest BCUT2D eigenvalue weighted by Crippen LogP contribution is -2.20. The molecule has 188 valence electrons. The molecule has 0 fully saturated rings. The fourth-order valence-corrected chi connectivity index (χ4v) is 6.29. The van der Waals surface area contributed by atoms with E-state index in [-0.39, 0.29) is 6.61 Å². The van der Waals surface area contributed by atoms with Crippen LogP contribution in [0.3, 0.4) is 0 Å². The molecular formula is C29H22N4O3S2. The third-order valence-electron chi connectivity index (χ3n) is 6.04. The zero-order valence-electron chi connectivity index (χ0n) is 20.6. The molecule has 0 aliphatic rings. The SMILES string of the molecule is Cc1ccc2nc(-c3ccc(NC(=O)COC(=O)c4cc5c(C)nn(-c6ccccc6)c5s4)cc3)sc2c1. The molecule has 6 rings (SSSR count). The predicted octanol–water partition coefficient (Wildman–Crippen LogP) is 6.78. The zero-order valence-corrected chi connectivity index (χ0v) is 22.2. The first kappa shape index (κ1) is 24.0. The van der Waals surface area contributed by atoms with Gasteiger partial charge in [-0.1, -0.05) is 24.3 Å². The van der Waals surface area contributed by atoms with Crippen LogP contribution >= 0.6 is 22.7 Å². The van der Waals surface area contributed by atoms with Crippen molar-refractivity contribution in [2.45, 2.75) is 13.8 Å². The van der Waals surface area contributed by atoms with Crippen molar-refractivity contribution in [1.29, 1.82) is 0 Å². The van der Waals surface area contributed by atoms with E-state index in [4.69, 9.17) is 9.72 Å². The van der Waals surface area contributed by atoms with Crippen molar-refractivity contribution in [3.8, 4) is 16.3 Å². The summed E-state index contributed by atoms with van der Waals surface area (Å²) in [6.45, 7) is 3.59. The largest absolute Gasteiger partial charge is 0.451 e. The number of anilines is 1. The summed E-state index contributed by atoms with van der Waals surface area (Å²) in [6.07, 6.45) is 0. The first-order valence-corrected chi connectivity index (χ1v) is 13.6. The van der Waals surface area contributed by atoms with Crippen LogP contribution in [0, 0.1) is 13.8 Å². The minimum atomic E-state index is -0.540. The highest BCUT2D eigenvalue weighted by atomic mass is 32.1. The molecule has 38 heavy (non-hydrogen) atoms. The number of benzene rings is 3. The lowest BCUT2D eigenvalue weighted by Gasteiger charge is -2.06. The van der Waals surface area contributed by atoms with Crippen molar-refractivity contribution >= 4 is 60.7 Å². The van der Waals surface area contributed by atoms with Gasteiger partial charge in [0.1, 0.15) is 14.7 Å². The van der Waals surface area contributed by atoms with Crippen molar-refractivity contribution < 1.29 is 14.3 Å². The number of fused-ring (bicyclic) bond motifs is 2. The molecule has 0 aliphatic heterocycles. The molecule has 3 heterocycles. The number of carbonyl (C=O) groups is 2. The van der Waals surface area contributed by atoms with Gasteiger partial charge in [-0.25, -0.2) is 14.5 Å². The van der Waals surface area contributed by atoms with Crippen LogP contribution in [0.15, 0.2) is 78.9 Å². The number of thiazole rings is 1. The van der Waals surface area contributed by atoms with Gasteiger partial charge in [0.25, 0.3) is 5.91 Å². The number of ether oxygens (including phenoxy) is 1. The molecule has 7 nitrogen and oxygen atoms in total. The Morgan fingerprint density at radius 3 is 2.53 bits per heavy atom. The van der Waals surface area contributed by atoms with E-state index in [0.29, 0.717) is 10.6 Å². The number of esters is 1. The summed E-state index contributed by atoms with van der Waals surface area (Å²) in [7, 11) is 0. The first-order valence-electron chi connectivity index (χ1n) is 11.9. The van der Waals surface area contributed by atoms with E-state index in [1.54, 1.807) is 17.4 Å². The van der Waals surface area contributed by atoms with Crippen molar-refractivity contribution in [2.24, 2.45) is 0 Å². The zero-order chi connectivity index (χ0) is 26.2. The van der Waals surface area contributed by atoms with Crippen LogP contribution in [0.25, 0.3) is 36.7 Å². The minimum absolute atomic E-state index is 0.379. The second-order valence-corrected chi connectivity index (χ2v) is 10.9. The van der Waals surface area contributed by atoms with Crippen molar-refractivity contribution in [1.82, 2.24) is 14.8 Å². The fourth-order valence-electron chi connectivity index (χ4n) is 4.14. The van der Waals surface area contributed by atoms with Crippen molar-refractivity contribution in [2.75, 3.05) is 11.9 Å². The van der Waals surface area contributed by atoms with Crippen LogP contribution < -0.4 is 5.32 Å². The quantitative estimate of drug-likeness (QED) is 0.236. The standard InChI is InChI=1S/C29H22N4O3S2/c1-17-8-13-23-24(14-17)37-27(31-23)19-9-11-20(12-10-19)30-26(34)16-36-29(35)25-15-22-18(2)32-33(28(22)38-25)21-6-4-3-5-7-21/h3-15H,16H2,1-2H3,(H,30,34). The molecule has 3 aromatic carbocycles. The summed E-state index contributed by atoms with van der Waals surface area (Å²) in [4.78, 5) is 31.1. The van der Waals surface area contributed by atoms with Gasteiger partial charge in [0.15, 0.2) is 6.61 Å². The highest BCUT2D eigenvalue weighted by Gasteiger charge is 2.19. The van der Waals surface area contributed by atoms with Crippen LogP contribution in [-0.4, -0.2) is 33.2 Å². The lowest BCUT2D eigenvalue weighted by molar-refractivity contribution is -0.119. The molecule has 0 saturated carbocycles. The van der Waals surface area contributed by atoms with Gasteiger partial charge in [-0.05, 0) is 74.0 Å². The number of thiophene rings is 1. The fraction of sp³-hybridized carbons (Fsp3) is 0.103. The molecule has 0 bridgehead atoms. The molecule has 0 aliphatic carbocycles. The molecule has 1 amide bonds. The Bertz CT molecular complexity index is 1800. The Hall–Kier alpha value is -4.34. The van der Waals surface area contributed by atoms with Gasteiger partial charge in [-0.3, -0.25) is 4.79 Å². The summed E-state index contributed by atoms with van der Waals surface area (Å²) in [6, 6.07) is 25.2. The Morgan fingerprint density at radius 2 is 1.74 bits per heavy atom. The molecule has 0 radical (unpaired) electrons. The van der Waals surface area contributed by atoms with Crippen LogP contribution in [0.5, 0.6) is 0 Å². The molecule has 0 unspecified atom stereocenters. The van der Waals surface area contributed by atoms with Crippen LogP contribution in [0.2, 0.25) is 0 Å². The summed E-state index contributed by atoms with van der Waals surface area (Å²) in [5, 5.41) is 9.18. The van der Waals surface area contributed by atoms with E-state index in [2.05, 4.69) is 29.5 Å². The van der Waals surface area contributed by atoms with Crippen LogP contribution in [0.1, 0.15) is 20.9 Å². The van der Waals surface area contributed by atoms with Crippen molar-refractivity contribution in [3.63, 3.8) is 0 Å². The summed E-state index contributed by atoms with van der Waals surface area (Å²) in [5.74, 6) is -0.948. The molecular weight excluding hydrogens is 516 g/mol. The monoisotopic (exact) mass is 538 g/mol. The number of rotatable bonds is 6. The molecule has 0 atom stereocenters. The van der Waals surface area contributed by atoms with Gasteiger partial charge in [-0.15, -0.1) is 22.7 Å².